The first-order chi connectivity index (χ1) is 9.49. The number of carboxylic acid groups (broad SMARTS) is 1. The normalized spacial score (nSPS) is 10.1. The Morgan fingerprint density at radius 3 is 2.55 bits per heavy atom. The monoisotopic (exact) mass is 287 g/mol. The van der Waals surface area contributed by atoms with E-state index >= 15 is 0 Å². The maximum absolute atomic E-state index is 11.0. The van der Waals surface area contributed by atoms with Gasteiger partial charge in [0.1, 0.15) is 10.6 Å². The van der Waals surface area contributed by atoms with Crippen LogP contribution in [0.1, 0.15) is 21.5 Å². The van der Waals surface area contributed by atoms with E-state index in [-0.39, 0.29) is 17.0 Å². The highest BCUT2D eigenvalue weighted by Gasteiger charge is 2.14. The maximum Gasteiger partial charge on any atom is 0.339 e. The van der Waals surface area contributed by atoms with E-state index in [4.69, 9.17) is 17.3 Å². The Kier molecular flexibility index (Phi) is 4.00. The standard InChI is InChI=1S/C15H13NO3S/c1-9-4-2-5-10(8-9)14(20)16-12-7-3-6-11(13(12)17)15(18)19/h2-8,17H,1H3,(H,16,20)(H,18,19). The van der Waals surface area contributed by atoms with Gasteiger partial charge in [0, 0.05) is 5.56 Å². The number of anilines is 1. The van der Waals surface area contributed by atoms with Crippen LogP contribution < -0.4 is 5.32 Å². The molecule has 2 aromatic rings. The molecule has 0 fully saturated rings. The summed E-state index contributed by atoms with van der Waals surface area (Å²) in [7, 11) is 0. The molecule has 2 aromatic carbocycles. The van der Waals surface area contributed by atoms with E-state index < -0.39 is 5.97 Å². The summed E-state index contributed by atoms with van der Waals surface area (Å²) in [6.07, 6.45) is 0. The summed E-state index contributed by atoms with van der Waals surface area (Å²) < 4.78 is 0. The van der Waals surface area contributed by atoms with Gasteiger partial charge in [0.15, 0.2) is 5.75 Å². The molecule has 0 spiro atoms. The first-order valence-corrected chi connectivity index (χ1v) is 6.33. The molecule has 0 unspecified atom stereocenters. The second-order valence-corrected chi connectivity index (χ2v) is 4.74. The Bertz CT molecular complexity index is 683. The predicted octanol–water partition coefficient (Wildman–Crippen LogP) is 3.19. The summed E-state index contributed by atoms with van der Waals surface area (Å²) in [5.41, 5.74) is 1.98. The van der Waals surface area contributed by atoms with Gasteiger partial charge < -0.3 is 15.5 Å². The van der Waals surface area contributed by atoms with Gasteiger partial charge in [-0.3, -0.25) is 0 Å². The van der Waals surface area contributed by atoms with Crippen molar-refractivity contribution in [2.45, 2.75) is 6.92 Å². The summed E-state index contributed by atoms with van der Waals surface area (Å²) in [5.74, 6) is -1.51. The van der Waals surface area contributed by atoms with Crippen LogP contribution in [-0.2, 0) is 0 Å². The number of hydrogen-bond donors (Lipinski definition) is 3. The lowest BCUT2D eigenvalue weighted by Gasteiger charge is -2.11. The Morgan fingerprint density at radius 2 is 1.90 bits per heavy atom. The molecule has 20 heavy (non-hydrogen) atoms. The van der Waals surface area contributed by atoms with E-state index in [0.717, 1.165) is 11.1 Å². The molecule has 0 heterocycles. The quantitative estimate of drug-likeness (QED) is 0.597. The molecule has 102 valence electrons. The van der Waals surface area contributed by atoms with E-state index in [1.807, 2.05) is 31.2 Å². The molecule has 0 atom stereocenters. The Hall–Kier alpha value is -2.40. The molecule has 0 aliphatic carbocycles. The molecule has 0 aromatic heterocycles. The lowest BCUT2D eigenvalue weighted by atomic mass is 10.1. The summed E-state index contributed by atoms with van der Waals surface area (Å²) in [5, 5.41) is 21.7. The molecule has 0 radical (unpaired) electrons. The third kappa shape index (κ3) is 2.95. The van der Waals surface area contributed by atoms with Crippen LogP contribution in [0.4, 0.5) is 5.69 Å². The van der Waals surface area contributed by atoms with E-state index in [9.17, 15) is 9.90 Å². The lowest BCUT2D eigenvalue weighted by molar-refractivity contribution is 0.0694. The highest BCUT2D eigenvalue weighted by atomic mass is 32.1. The zero-order valence-corrected chi connectivity index (χ0v) is 11.6. The summed E-state index contributed by atoms with van der Waals surface area (Å²) >= 11 is 5.26. The van der Waals surface area contributed by atoms with Crippen molar-refractivity contribution in [3.63, 3.8) is 0 Å². The fourth-order valence-corrected chi connectivity index (χ4v) is 2.03. The first-order valence-electron chi connectivity index (χ1n) is 5.92. The van der Waals surface area contributed by atoms with Crippen molar-refractivity contribution in [1.29, 1.82) is 0 Å². The Labute approximate surface area is 121 Å². The minimum Gasteiger partial charge on any atom is -0.505 e. The number of aromatic hydroxyl groups is 1. The summed E-state index contributed by atoms with van der Waals surface area (Å²) in [6.45, 7) is 1.95. The van der Waals surface area contributed by atoms with Gasteiger partial charge in [-0.05, 0) is 25.1 Å². The van der Waals surface area contributed by atoms with Crippen molar-refractivity contribution >= 4 is 28.9 Å². The predicted molar refractivity (Wildman–Crippen MR) is 81.6 cm³/mol. The van der Waals surface area contributed by atoms with Gasteiger partial charge in [-0.1, -0.05) is 42.0 Å². The second-order valence-electron chi connectivity index (χ2n) is 4.33. The largest absolute Gasteiger partial charge is 0.505 e. The molecule has 2 rings (SSSR count). The lowest BCUT2D eigenvalue weighted by Crippen LogP contribution is -2.11. The van der Waals surface area contributed by atoms with E-state index in [1.165, 1.54) is 6.07 Å². The number of para-hydroxylation sites is 1. The summed E-state index contributed by atoms with van der Waals surface area (Å²) in [4.78, 5) is 11.4. The van der Waals surface area contributed by atoms with Crippen LogP contribution in [0.15, 0.2) is 42.5 Å². The van der Waals surface area contributed by atoms with Gasteiger partial charge in [-0.25, -0.2) is 4.79 Å². The number of phenols is 1. The summed E-state index contributed by atoms with van der Waals surface area (Å²) in [6, 6.07) is 12.0. The van der Waals surface area contributed by atoms with Crippen LogP contribution >= 0.6 is 12.2 Å². The van der Waals surface area contributed by atoms with Gasteiger partial charge in [0.05, 0.1) is 5.69 Å². The number of aromatic carboxylic acids is 1. The number of aryl methyl sites for hydroxylation is 1. The highest BCUT2D eigenvalue weighted by Crippen LogP contribution is 2.28. The number of benzene rings is 2. The van der Waals surface area contributed by atoms with E-state index in [0.29, 0.717) is 4.99 Å². The van der Waals surface area contributed by atoms with Crippen LogP contribution in [0.5, 0.6) is 5.75 Å². The van der Waals surface area contributed by atoms with Gasteiger partial charge >= 0.3 is 5.97 Å². The molecule has 0 aliphatic rings. The van der Waals surface area contributed by atoms with Crippen LogP contribution in [0.2, 0.25) is 0 Å². The molecule has 0 amide bonds. The molecule has 0 saturated carbocycles. The Balaban J connectivity index is 2.29. The van der Waals surface area contributed by atoms with Crippen LogP contribution in [0.3, 0.4) is 0 Å². The molecule has 0 aliphatic heterocycles. The molecule has 4 nitrogen and oxygen atoms in total. The van der Waals surface area contributed by atoms with Crippen molar-refractivity contribution in [3.8, 4) is 5.75 Å². The molecule has 0 saturated heterocycles. The van der Waals surface area contributed by atoms with Gasteiger partial charge in [-0.2, -0.15) is 0 Å². The van der Waals surface area contributed by atoms with Crippen molar-refractivity contribution in [2.24, 2.45) is 0 Å². The SMILES string of the molecule is Cc1cccc(C(=S)Nc2cccc(C(=O)O)c2O)c1. The minimum absolute atomic E-state index is 0.165. The van der Waals surface area contributed by atoms with E-state index in [1.54, 1.807) is 12.1 Å². The van der Waals surface area contributed by atoms with E-state index in [2.05, 4.69) is 5.32 Å². The number of nitrogens with one attached hydrogen (secondary N) is 1. The maximum atomic E-state index is 11.0. The molecule has 0 bridgehead atoms. The van der Waals surface area contributed by atoms with Gasteiger partial charge in [0.25, 0.3) is 0 Å². The van der Waals surface area contributed by atoms with Gasteiger partial charge in [0.2, 0.25) is 0 Å². The van der Waals surface area contributed by atoms with Crippen LogP contribution in [-0.4, -0.2) is 21.2 Å². The third-order valence-electron chi connectivity index (χ3n) is 2.79. The fourth-order valence-electron chi connectivity index (χ4n) is 1.80. The topological polar surface area (TPSA) is 69.6 Å². The minimum atomic E-state index is -1.19. The van der Waals surface area contributed by atoms with Crippen molar-refractivity contribution in [2.75, 3.05) is 5.32 Å². The molecular weight excluding hydrogens is 274 g/mol. The third-order valence-corrected chi connectivity index (χ3v) is 3.13. The van der Waals surface area contributed by atoms with Crippen molar-refractivity contribution in [3.05, 3.63) is 59.2 Å². The smallest absolute Gasteiger partial charge is 0.339 e. The van der Waals surface area contributed by atoms with Crippen molar-refractivity contribution in [1.82, 2.24) is 0 Å². The number of hydrogen-bond acceptors (Lipinski definition) is 3. The van der Waals surface area contributed by atoms with Crippen LogP contribution in [0.25, 0.3) is 0 Å². The zero-order chi connectivity index (χ0) is 14.7. The van der Waals surface area contributed by atoms with Crippen LogP contribution in [0, 0.1) is 6.92 Å². The first kappa shape index (κ1) is 14.0. The van der Waals surface area contributed by atoms with Gasteiger partial charge in [-0.15, -0.1) is 0 Å². The number of thiocarbonyl (C=S) groups is 1. The number of carboxylic acids is 1. The zero-order valence-electron chi connectivity index (χ0n) is 10.8. The molecule has 3 N–H and O–H groups in total. The average molecular weight is 287 g/mol. The number of rotatable bonds is 3. The second kappa shape index (κ2) is 5.71. The number of carbonyl (C=O) groups is 1. The fraction of sp³-hybridized carbons (Fsp3) is 0.0667. The molecule has 5 heteroatoms. The average Bonchev–Trinajstić information content (AvgIpc) is 2.40. The highest BCUT2D eigenvalue weighted by molar-refractivity contribution is 7.81. The van der Waals surface area contributed by atoms with Crippen molar-refractivity contribution < 1.29 is 15.0 Å². The molecular formula is C15H13NO3S. The Morgan fingerprint density at radius 1 is 1.20 bits per heavy atom.